The first-order valence-corrected chi connectivity index (χ1v) is 8.71. The lowest BCUT2D eigenvalue weighted by atomic mass is 10.4. The van der Waals surface area contributed by atoms with Crippen molar-refractivity contribution in [2.24, 2.45) is 0 Å². The normalized spacial score (nSPS) is 11.5. The number of hydrogen-bond acceptors (Lipinski definition) is 4. The summed E-state index contributed by atoms with van der Waals surface area (Å²) in [4.78, 5) is 23.1. The van der Waals surface area contributed by atoms with Crippen LogP contribution in [0.1, 0.15) is 79.1 Å². The Bertz CT molecular complexity index is 175. The third-order valence-corrected chi connectivity index (χ3v) is 2.99. The molecular formula is C16H36ClNO4. The minimum Gasteiger partial charge on any atom is -1.00 e. The Morgan fingerprint density at radius 1 is 0.500 bits per heavy atom. The van der Waals surface area contributed by atoms with E-state index in [2.05, 4.69) is 27.7 Å². The fourth-order valence-corrected chi connectivity index (χ4v) is 1.51. The van der Waals surface area contributed by atoms with Crippen molar-refractivity contribution in [3.8, 4) is 0 Å². The summed E-state index contributed by atoms with van der Waals surface area (Å²) in [6, 6.07) is 0. The van der Waals surface area contributed by atoms with Crippen LogP contribution in [0.3, 0.4) is 0 Å². The minimum absolute atomic E-state index is 0. The molecular weight excluding hydrogens is 306 g/mol. The summed E-state index contributed by atoms with van der Waals surface area (Å²) in [5, 5.41) is -0.556. The van der Waals surface area contributed by atoms with Crippen LogP contribution in [0.5, 0.6) is 0 Å². The standard InChI is InChI=1S/C16H36NO4.ClH/c1-5-9-13-18-17(19-14-10-6-2,20-15-11-7-3)21-16-12-8-4;/h5-16H2,1-4H3;1H/q+1;/p-1. The summed E-state index contributed by atoms with van der Waals surface area (Å²) in [5.41, 5.74) is 0. The third kappa shape index (κ3) is 12.6. The van der Waals surface area contributed by atoms with E-state index in [-0.39, 0.29) is 12.4 Å². The second-order valence-electron chi connectivity index (χ2n) is 5.19. The van der Waals surface area contributed by atoms with Crippen LogP contribution in [-0.2, 0) is 19.4 Å². The lowest BCUT2D eigenvalue weighted by Crippen LogP contribution is -3.00. The maximum absolute atomic E-state index is 5.78. The minimum atomic E-state index is -0.556. The van der Waals surface area contributed by atoms with E-state index in [1.807, 2.05) is 0 Å². The first-order chi connectivity index (χ1) is 10.2. The molecule has 0 rings (SSSR count). The number of unbranched alkanes of at least 4 members (excludes halogenated alkanes) is 4. The van der Waals surface area contributed by atoms with E-state index >= 15 is 0 Å². The van der Waals surface area contributed by atoms with Gasteiger partial charge in [0.05, 0.1) is 0 Å². The summed E-state index contributed by atoms with van der Waals surface area (Å²) in [7, 11) is 0. The molecule has 0 fully saturated rings. The highest BCUT2D eigenvalue weighted by atomic mass is 35.5. The molecule has 136 valence electrons. The maximum atomic E-state index is 5.78. The molecule has 22 heavy (non-hydrogen) atoms. The lowest BCUT2D eigenvalue weighted by molar-refractivity contribution is -1.47. The Kier molecular flexibility index (Phi) is 19.3. The average Bonchev–Trinajstić information content (AvgIpc) is 2.48. The molecule has 0 atom stereocenters. The summed E-state index contributed by atoms with van der Waals surface area (Å²) >= 11 is 0. The van der Waals surface area contributed by atoms with Crippen LogP contribution in [0.2, 0.25) is 0 Å². The molecule has 0 bridgehead atoms. The predicted octanol–water partition coefficient (Wildman–Crippen LogP) is 1.73. The van der Waals surface area contributed by atoms with Gasteiger partial charge in [0.1, 0.15) is 26.4 Å². The lowest BCUT2D eigenvalue weighted by Gasteiger charge is -2.26. The van der Waals surface area contributed by atoms with E-state index in [4.69, 9.17) is 19.4 Å². The molecule has 0 saturated heterocycles. The van der Waals surface area contributed by atoms with Gasteiger partial charge >= 0.3 is 0 Å². The molecule has 0 radical (unpaired) electrons. The van der Waals surface area contributed by atoms with Crippen molar-refractivity contribution in [1.29, 1.82) is 0 Å². The van der Waals surface area contributed by atoms with Gasteiger partial charge < -0.3 is 12.4 Å². The molecule has 0 aromatic heterocycles. The SMILES string of the molecule is CCCCO[N+](OCCCC)(OCCCC)OCCCC.[Cl-]. The third-order valence-electron chi connectivity index (χ3n) is 2.99. The van der Waals surface area contributed by atoms with Crippen molar-refractivity contribution < 1.29 is 36.9 Å². The van der Waals surface area contributed by atoms with Crippen molar-refractivity contribution in [2.75, 3.05) is 26.4 Å². The van der Waals surface area contributed by atoms with Crippen LogP contribution >= 0.6 is 0 Å². The predicted molar refractivity (Wildman–Crippen MR) is 83.7 cm³/mol. The Hall–Kier alpha value is 0.0900. The first-order valence-electron chi connectivity index (χ1n) is 8.71. The van der Waals surface area contributed by atoms with Crippen molar-refractivity contribution >= 4 is 0 Å². The van der Waals surface area contributed by atoms with Crippen molar-refractivity contribution in [3.63, 3.8) is 0 Å². The smallest absolute Gasteiger partial charge is 0.247 e. The number of rotatable bonds is 16. The molecule has 0 spiro atoms. The Morgan fingerprint density at radius 3 is 0.909 bits per heavy atom. The second kappa shape index (κ2) is 17.4. The quantitative estimate of drug-likeness (QED) is 0.243. The molecule has 0 aliphatic carbocycles. The maximum Gasteiger partial charge on any atom is 0.247 e. The molecule has 0 unspecified atom stereocenters. The number of hydrogen-bond donors (Lipinski definition) is 0. The molecule has 6 heteroatoms. The molecule has 0 amide bonds. The van der Waals surface area contributed by atoms with Gasteiger partial charge in [-0.3, -0.25) is 0 Å². The van der Waals surface area contributed by atoms with Gasteiger partial charge in [0.15, 0.2) is 0 Å². The van der Waals surface area contributed by atoms with Crippen LogP contribution in [0.25, 0.3) is 0 Å². The van der Waals surface area contributed by atoms with Gasteiger partial charge in [-0.2, -0.15) is 0 Å². The van der Waals surface area contributed by atoms with Crippen LogP contribution in [0.4, 0.5) is 0 Å². The van der Waals surface area contributed by atoms with Gasteiger partial charge in [-0.15, -0.1) is 0 Å². The highest BCUT2D eigenvalue weighted by Gasteiger charge is 2.38. The Morgan fingerprint density at radius 2 is 0.727 bits per heavy atom. The first kappa shape index (κ1) is 24.3. The molecule has 0 aliphatic rings. The number of halogens is 1. The van der Waals surface area contributed by atoms with Crippen LogP contribution in [-0.4, -0.2) is 31.6 Å². The fraction of sp³-hybridized carbons (Fsp3) is 1.00. The fourth-order valence-electron chi connectivity index (χ4n) is 1.51. The molecule has 0 aromatic rings. The van der Waals surface area contributed by atoms with Crippen LogP contribution in [0, 0.1) is 0 Å². The van der Waals surface area contributed by atoms with E-state index in [0.29, 0.717) is 26.4 Å². The molecule has 0 heterocycles. The summed E-state index contributed by atoms with van der Waals surface area (Å²) < 4.78 is 0. The van der Waals surface area contributed by atoms with Gasteiger partial charge in [-0.25, -0.2) is 0 Å². The average molecular weight is 342 g/mol. The van der Waals surface area contributed by atoms with E-state index in [9.17, 15) is 0 Å². The van der Waals surface area contributed by atoms with Crippen molar-refractivity contribution in [2.45, 2.75) is 79.1 Å². The molecule has 5 nitrogen and oxygen atoms in total. The summed E-state index contributed by atoms with van der Waals surface area (Å²) in [6.07, 6.45) is 8.13. The number of quaternary nitrogens is 1. The van der Waals surface area contributed by atoms with E-state index in [0.717, 1.165) is 51.4 Å². The molecule has 0 saturated carbocycles. The zero-order valence-corrected chi connectivity index (χ0v) is 15.7. The van der Waals surface area contributed by atoms with Gasteiger partial charge in [0.2, 0.25) is 5.14 Å². The number of nitrogens with zero attached hydrogens (tertiary/aromatic N) is 1. The molecule has 0 N–H and O–H groups in total. The molecule has 0 aromatic carbocycles. The van der Waals surface area contributed by atoms with E-state index in [1.54, 1.807) is 0 Å². The van der Waals surface area contributed by atoms with Gasteiger partial charge in [-0.05, 0) is 25.7 Å². The van der Waals surface area contributed by atoms with Crippen molar-refractivity contribution in [1.82, 2.24) is 0 Å². The highest BCUT2D eigenvalue weighted by Crippen LogP contribution is 2.17. The zero-order chi connectivity index (χ0) is 15.8. The van der Waals surface area contributed by atoms with E-state index in [1.165, 1.54) is 0 Å². The Balaban J connectivity index is 0. The summed E-state index contributed by atoms with van der Waals surface area (Å²) in [6.45, 7) is 10.8. The Labute approximate surface area is 143 Å². The second-order valence-corrected chi connectivity index (χ2v) is 5.19. The van der Waals surface area contributed by atoms with Gasteiger partial charge in [0.25, 0.3) is 0 Å². The highest BCUT2D eigenvalue weighted by molar-refractivity contribution is 4.29. The molecule has 0 aliphatic heterocycles. The summed E-state index contributed by atoms with van der Waals surface area (Å²) in [5.74, 6) is 0. The van der Waals surface area contributed by atoms with E-state index < -0.39 is 5.14 Å². The van der Waals surface area contributed by atoms with Crippen LogP contribution < -0.4 is 12.4 Å². The van der Waals surface area contributed by atoms with Gasteiger partial charge in [-0.1, -0.05) is 72.7 Å². The van der Waals surface area contributed by atoms with Crippen molar-refractivity contribution in [3.05, 3.63) is 0 Å². The zero-order valence-electron chi connectivity index (χ0n) is 14.9. The monoisotopic (exact) mass is 341 g/mol. The van der Waals surface area contributed by atoms with Crippen LogP contribution in [0.15, 0.2) is 0 Å². The largest absolute Gasteiger partial charge is 1.00 e. The topological polar surface area (TPSA) is 36.9 Å². The van der Waals surface area contributed by atoms with Gasteiger partial charge in [0, 0.05) is 0 Å².